The molecular weight excluding hydrogens is 274 g/mol. The van der Waals surface area contributed by atoms with Gasteiger partial charge in [-0.3, -0.25) is 0 Å². The first kappa shape index (κ1) is 12.4. The summed E-state index contributed by atoms with van der Waals surface area (Å²) in [5.74, 6) is 0. The van der Waals surface area contributed by atoms with E-state index in [1.165, 1.54) is 31.5 Å². The van der Waals surface area contributed by atoms with Gasteiger partial charge in [-0.05, 0) is 30.3 Å². The minimum atomic E-state index is 1.21. The predicted molar refractivity (Wildman–Crippen MR) is 93.8 cm³/mol. The minimum Gasteiger partial charge on any atom is -0.344 e. The summed E-state index contributed by atoms with van der Waals surface area (Å²) in [5, 5.41) is 2.69. The van der Waals surface area contributed by atoms with Crippen LogP contribution in [0.5, 0.6) is 0 Å². The fourth-order valence-corrected chi connectivity index (χ4v) is 3.95. The first-order chi connectivity index (χ1) is 10.3. The highest BCUT2D eigenvalue weighted by molar-refractivity contribution is 7.25. The van der Waals surface area contributed by atoms with E-state index in [-0.39, 0.29) is 0 Å². The van der Waals surface area contributed by atoms with Gasteiger partial charge in [0.2, 0.25) is 0 Å². The minimum absolute atomic E-state index is 1.21. The lowest BCUT2D eigenvalue weighted by Gasteiger charge is -2.20. The number of fused-ring (bicyclic) bond motifs is 3. The van der Waals surface area contributed by atoms with Crippen molar-refractivity contribution in [2.24, 2.45) is 0 Å². The van der Waals surface area contributed by atoms with Gasteiger partial charge in [0.15, 0.2) is 0 Å². The van der Waals surface area contributed by atoms with Crippen molar-refractivity contribution in [2.45, 2.75) is 0 Å². The molecule has 0 aliphatic carbocycles. The van der Waals surface area contributed by atoms with Gasteiger partial charge in [-0.2, -0.15) is 0 Å². The molecule has 0 N–H and O–H groups in total. The van der Waals surface area contributed by atoms with Crippen molar-refractivity contribution in [3.8, 4) is 0 Å². The van der Waals surface area contributed by atoms with Crippen LogP contribution >= 0.6 is 11.3 Å². The van der Waals surface area contributed by atoms with Crippen LogP contribution in [0.15, 0.2) is 72.8 Å². The molecule has 4 aromatic rings. The Morgan fingerprint density at radius 1 is 0.714 bits per heavy atom. The smallest absolute Gasteiger partial charge is 0.0502 e. The van der Waals surface area contributed by atoms with E-state index in [1.54, 1.807) is 0 Å². The van der Waals surface area contributed by atoms with Gasteiger partial charge in [0, 0.05) is 32.9 Å². The van der Waals surface area contributed by atoms with Crippen LogP contribution in [0.3, 0.4) is 0 Å². The number of thiophene rings is 1. The molecule has 0 aliphatic heterocycles. The van der Waals surface area contributed by atoms with Gasteiger partial charge in [-0.25, -0.2) is 0 Å². The molecule has 102 valence electrons. The molecule has 2 heteroatoms. The fourth-order valence-electron chi connectivity index (χ4n) is 2.83. The summed E-state index contributed by atoms with van der Waals surface area (Å²) in [6.45, 7) is 0. The molecule has 0 saturated carbocycles. The number of hydrogen-bond donors (Lipinski definition) is 0. The number of benzene rings is 3. The van der Waals surface area contributed by atoms with Gasteiger partial charge < -0.3 is 4.90 Å². The first-order valence-corrected chi connectivity index (χ1v) is 7.85. The van der Waals surface area contributed by atoms with Gasteiger partial charge in [-0.1, -0.05) is 42.5 Å². The maximum atomic E-state index is 2.27. The van der Waals surface area contributed by atoms with E-state index in [0.29, 0.717) is 0 Å². The molecule has 3 aromatic carbocycles. The highest BCUT2D eigenvalue weighted by atomic mass is 32.1. The number of rotatable bonds is 2. The van der Waals surface area contributed by atoms with Gasteiger partial charge >= 0.3 is 0 Å². The summed E-state index contributed by atoms with van der Waals surface area (Å²) in [6.07, 6.45) is 0. The molecule has 0 radical (unpaired) electrons. The normalized spacial score (nSPS) is 11.1. The standard InChI is InChI=1S/C19H15NS/c1-20(14-8-3-2-4-9-14)16-11-7-13-18-19(16)15-10-5-6-12-17(15)21-18/h2-13H,1H3. The lowest BCUT2D eigenvalue weighted by molar-refractivity contribution is 1.22. The lowest BCUT2D eigenvalue weighted by Crippen LogP contribution is -2.09. The average Bonchev–Trinajstić information content (AvgIpc) is 2.93. The zero-order chi connectivity index (χ0) is 14.2. The highest BCUT2D eigenvalue weighted by Crippen LogP contribution is 2.40. The Labute approximate surface area is 128 Å². The molecule has 0 bridgehead atoms. The van der Waals surface area contributed by atoms with Crippen molar-refractivity contribution < 1.29 is 0 Å². The number of hydrogen-bond acceptors (Lipinski definition) is 2. The Kier molecular flexibility index (Phi) is 2.90. The van der Waals surface area contributed by atoms with Crippen molar-refractivity contribution in [2.75, 3.05) is 11.9 Å². The van der Waals surface area contributed by atoms with E-state index in [0.717, 1.165) is 0 Å². The summed E-state index contributed by atoms with van der Waals surface area (Å²) in [4.78, 5) is 2.27. The highest BCUT2D eigenvalue weighted by Gasteiger charge is 2.12. The van der Waals surface area contributed by atoms with E-state index in [2.05, 4.69) is 84.7 Å². The quantitative estimate of drug-likeness (QED) is 0.449. The van der Waals surface area contributed by atoms with Crippen LogP contribution in [0, 0.1) is 0 Å². The average molecular weight is 289 g/mol. The topological polar surface area (TPSA) is 3.24 Å². The van der Waals surface area contributed by atoms with E-state index < -0.39 is 0 Å². The van der Waals surface area contributed by atoms with Crippen molar-refractivity contribution in [3.63, 3.8) is 0 Å². The Bertz CT molecular complexity index is 909. The van der Waals surface area contributed by atoms with E-state index in [9.17, 15) is 0 Å². The summed E-state index contributed by atoms with van der Waals surface area (Å²) in [6, 6.07) is 25.7. The van der Waals surface area contributed by atoms with Gasteiger partial charge in [-0.15, -0.1) is 11.3 Å². The SMILES string of the molecule is CN(c1ccccc1)c1cccc2sc3ccccc3c12. The fraction of sp³-hybridized carbons (Fsp3) is 0.0526. The van der Waals surface area contributed by atoms with Crippen LogP contribution in [0.25, 0.3) is 20.2 Å². The lowest BCUT2D eigenvalue weighted by atomic mass is 10.1. The summed E-state index contributed by atoms with van der Waals surface area (Å²) < 4.78 is 2.69. The summed E-state index contributed by atoms with van der Waals surface area (Å²) in [7, 11) is 2.14. The van der Waals surface area contributed by atoms with Gasteiger partial charge in [0.1, 0.15) is 0 Å². The Hall–Kier alpha value is -2.32. The Morgan fingerprint density at radius 2 is 1.43 bits per heavy atom. The van der Waals surface area contributed by atoms with Crippen molar-refractivity contribution >= 4 is 42.9 Å². The van der Waals surface area contributed by atoms with Crippen LogP contribution < -0.4 is 4.90 Å². The molecule has 1 heterocycles. The number of anilines is 2. The number of nitrogens with zero attached hydrogens (tertiary/aromatic N) is 1. The molecule has 0 unspecified atom stereocenters. The third-order valence-corrected chi connectivity index (χ3v) is 5.02. The maximum absolute atomic E-state index is 2.27. The second kappa shape index (κ2) is 4.90. The molecular formula is C19H15NS. The van der Waals surface area contributed by atoms with Crippen LogP contribution in [0.2, 0.25) is 0 Å². The molecule has 0 spiro atoms. The zero-order valence-electron chi connectivity index (χ0n) is 11.8. The Morgan fingerprint density at radius 3 is 2.29 bits per heavy atom. The van der Waals surface area contributed by atoms with Crippen molar-refractivity contribution in [1.29, 1.82) is 0 Å². The number of para-hydroxylation sites is 1. The predicted octanol–water partition coefficient (Wildman–Crippen LogP) is 5.82. The third kappa shape index (κ3) is 1.99. The van der Waals surface area contributed by atoms with Crippen molar-refractivity contribution in [1.82, 2.24) is 0 Å². The summed E-state index contributed by atoms with van der Waals surface area (Å²) >= 11 is 1.86. The largest absolute Gasteiger partial charge is 0.344 e. The zero-order valence-corrected chi connectivity index (χ0v) is 12.6. The molecule has 0 aliphatic rings. The van der Waals surface area contributed by atoms with E-state index in [4.69, 9.17) is 0 Å². The monoisotopic (exact) mass is 289 g/mol. The van der Waals surface area contributed by atoms with Crippen LogP contribution in [0.4, 0.5) is 11.4 Å². The van der Waals surface area contributed by atoms with Gasteiger partial charge in [0.25, 0.3) is 0 Å². The molecule has 0 atom stereocenters. The third-order valence-electron chi connectivity index (χ3n) is 3.89. The molecule has 0 fully saturated rings. The summed E-state index contributed by atoms with van der Waals surface area (Å²) in [5.41, 5.74) is 2.47. The van der Waals surface area contributed by atoms with Crippen LogP contribution in [-0.2, 0) is 0 Å². The van der Waals surface area contributed by atoms with Crippen LogP contribution in [-0.4, -0.2) is 7.05 Å². The molecule has 1 nitrogen and oxygen atoms in total. The van der Waals surface area contributed by atoms with Crippen LogP contribution in [0.1, 0.15) is 0 Å². The second-order valence-electron chi connectivity index (χ2n) is 5.14. The molecule has 21 heavy (non-hydrogen) atoms. The molecule has 4 rings (SSSR count). The Balaban J connectivity index is 2.00. The first-order valence-electron chi connectivity index (χ1n) is 7.03. The molecule has 1 aromatic heterocycles. The van der Waals surface area contributed by atoms with Gasteiger partial charge in [0.05, 0.1) is 5.69 Å². The maximum Gasteiger partial charge on any atom is 0.0502 e. The van der Waals surface area contributed by atoms with E-state index in [1.807, 2.05) is 11.3 Å². The van der Waals surface area contributed by atoms with E-state index >= 15 is 0 Å². The van der Waals surface area contributed by atoms with Crippen molar-refractivity contribution in [3.05, 3.63) is 72.8 Å². The molecule has 0 saturated heterocycles. The molecule has 0 amide bonds. The second-order valence-corrected chi connectivity index (χ2v) is 6.23.